The number of amides is 2. The van der Waals surface area contributed by atoms with Crippen LogP contribution in [-0.2, 0) is 16.1 Å². The van der Waals surface area contributed by atoms with Crippen molar-refractivity contribution in [2.75, 3.05) is 18.0 Å². The van der Waals surface area contributed by atoms with Gasteiger partial charge >= 0.3 is 0 Å². The van der Waals surface area contributed by atoms with Crippen LogP contribution in [0.1, 0.15) is 50.5 Å². The topological polar surface area (TPSA) is 75.4 Å². The van der Waals surface area contributed by atoms with E-state index in [1.54, 1.807) is 0 Å². The molecule has 1 heterocycles. The molecule has 0 bridgehead atoms. The third-order valence-electron chi connectivity index (χ3n) is 4.17. The first-order valence-electron chi connectivity index (χ1n) is 8.57. The monoisotopic (exact) mass is 353 g/mol. The van der Waals surface area contributed by atoms with Gasteiger partial charge in [0.25, 0.3) is 0 Å². The quantitative estimate of drug-likeness (QED) is 0.670. The van der Waals surface area contributed by atoms with Gasteiger partial charge in [-0.1, -0.05) is 25.0 Å². The summed E-state index contributed by atoms with van der Waals surface area (Å²) in [6.07, 6.45) is 6.26. The fourth-order valence-corrected chi connectivity index (χ4v) is 2.79. The Balaban J connectivity index is 0.00000288. The molecule has 2 amide bonds. The molecule has 134 valence electrons. The normalized spacial score (nSPS) is 13.7. The van der Waals surface area contributed by atoms with E-state index < -0.39 is 0 Å². The maximum atomic E-state index is 11.8. The SMILES string of the molecule is Cl.NCCCCCCC(=O)NCc1ccc(N2CCCC2=O)cc1. The van der Waals surface area contributed by atoms with Gasteiger partial charge in [-0.25, -0.2) is 0 Å². The number of carbonyl (C=O) groups is 2. The molecule has 0 spiro atoms. The Morgan fingerprint density at radius 3 is 2.46 bits per heavy atom. The fraction of sp³-hybridized carbons (Fsp3) is 0.556. The third-order valence-corrected chi connectivity index (χ3v) is 4.17. The van der Waals surface area contributed by atoms with Gasteiger partial charge in [0.15, 0.2) is 0 Å². The fourth-order valence-electron chi connectivity index (χ4n) is 2.79. The van der Waals surface area contributed by atoms with Gasteiger partial charge in [-0.3, -0.25) is 9.59 Å². The molecular formula is C18H28ClN3O2. The van der Waals surface area contributed by atoms with E-state index in [-0.39, 0.29) is 24.2 Å². The summed E-state index contributed by atoms with van der Waals surface area (Å²) in [5.41, 5.74) is 7.44. The lowest BCUT2D eigenvalue weighted by Gasteiger charge is -2.16. The highest BCUT2D eigenvalue weighted by molar-refractivity contribution is 5.95. The lowest BCUT2D eigenvalue weighted by molar-refractivity contribution is -0.121. The summed E-state index contributed by atoms with van der Waals surface area (Å²) in [6.45, 7) is 2.07. The lowest BCUT2D eigenvalue weighted by atomic mass is 10.1. The smallest absolute Gasteiger partial charge is 0.227 e. The van der Waals surface area contributed by atoms with E-state index in [0.717, 1.165) is 56.4 Å². The summed E-state index contributed by atoms with van der Waals surface area (Å²) in [6, 6.07) is 7.86. The van der Waals surface area contributed by atoms with Crippen LogP contribution in [0.15, 0.2) is 24.3 Å². The Kier molecular flexibility index (Phi) is 9.42. The first kappa shape index (κ1) is 20.5. The second-order valence-corrected chi connectivity index (χ2v) is 6.04. The van der Waals surface area contributed by atoms with Gasteiger partial charge in [0, 0.05) is 31.6 Å². The third kappa shape index (κ3) is 6.49. The molecule has 0 radical (unpaired) electrons. The summed E-state index contributed by atoms with van der Waals surface area (Å²) < 4.78 is 0. The number of rotatable bonds is 9. The minimum atomic E-state index is 0. The number of benzene rings is 1. The molecule has 1 aromatic rings. The highest BCUT2D eigenvalue weighted by Crippen LogP contribution is 2.21. The zero-order chi connectivity index (χ0) is 16.5. The number of unbranched alkanes of at least 4 members (excludes halogenated alkanes) is 3. The molecule has 0 saturated carbocycles. The Bertz CT molecular complexity index is 520. The number of hydrogen-bond donors (Lipinski definition) is 2. The van der Waals surface area contributed by atoms with Gasteiger partial charge in [0.1, 0.15) is 0 Å². The number of halogens is 1. The number of nitrogens with one attached hydrogen (secondary N) is 1. The first-order chi connectivity index (χ1) is 11.2. The van der Waals surface area contributed by atoms with E-state index in [9.17, 15) is 9.59 Å². The van der Waals surface area contributed by atoms with Crippen molar-refractivity contribution in [2.24, 2.45) is 5.73 Å². The van der Waals surface area contributed by atoms with E-state index >= 15 is 0 Å². The Morgan fingerprint density at radius 2 is 1.83 bits per heavy atom. The van der Waals surface area contributed by atoms with E-state index in [1.807, 2.05) is 29.2 Å². The van der Waals surface area contributed by atoms with E-state index in [0.29, 0.717) is 19.4 Å². The minimum Gasteiger partial charge on any atom is -0.352 e. The highest BCUT2D eigenvalue weighted by atomic mass is 35.5. The lowest BCUT2D eigenvalue weighted by Crippen LogP contribution is -2.24. The average Bonchev–Trinajstić information content (AvgIpc) is 2.99. The predicted octanol–water partition coefficient (Wildman–Crippen LogP) is 2.76. The van der Waals surface area contributed by atoms with Crippen LogP contribution in [-0.4, -0.2) is 24.9 Å². The molecule has 0 atom stereocenters. The summed E-state index contributed by atoms with van der Waals surface area (Å²) in [5, 5.41) is 2.94. The van der Waals surface area contributed by atoms with Crippen molar-refractivity contribution in [3.8, 4) is 0 Å². The van der Waals surface area contributed by atoms with Gasteiger partial charge in [-0.15, -0.1) is 12.4 Å². The number of carbonyl (C=O) groups excluding carboxylic acids is 2. The van der Waals surface area contributed by atoms with Crippen molar-refractivity contribution in [1.82, 2.24) is 5.32 Å². The van der Waals surface area contributed by atoms with Crippen LogP contribution in [0.2, 0.25) is 0 Å². The van der Waals surface area contributed by atoms with Crippen LogP contribution in [0.5, 0.6) is 0 Å². The Morgan fingerprint density at radius 1 is 1.12 bits per heavy atom. The first-order valence-corrected chi connectivity index (χ1v) is 8.57. The van der Waals surface area contributed by atoms with Gasteiger partial charge in [0.05, 0.1) is 0 Å². The Labute approximate surface area is 150 Å². The summed E-state index contributed by atoms with van der Waals surface area (Å²) in [5.74, 6) is 0.289. The standard InChI is InChI=1S/C18H27N3O2.ClH/c19-12-4-2-1-3-6-17(22)20-14-15-8-10-16(11-9-15)21-13-5-7-18(21)23;/h8-11H,1-7,12-14,19H2,(H,20,22);1H. The van der Waals surface area contributed by atoms with Gasteiger partial charge < -0.3 is 16.0 Å². The molecule has 5 nitrogen and oxygen atoms in total. The largest absolute Gasteiger partial charge is 0.352 e. The number of hydrogen-bond acceptors (Lipinski definition) is 3. The molecule has 2 rings (SSSR count). The molecule has 0 aromatic heterocycles. The van der Waals surface area contributed by atoms with Gasteiger partial charge in [0.2, 0.25) is 11.8 Å². The molecule has 0 aliphatic carbocycles. The summed E-state index contributed by atoms with van der Waals surface area (Å²) in [4.78, 5) is 25.3. The van der Waals surface area contributed by atoms with Crippen LogP contribution in [0.3, 0.4) is 0 Å². The molecule has 6 heteroatoms. The van der Waals surface area contributed by atoms with Crippen LogP contribution in [0.25, 0.3) is 0 Å². The van der Waals surface area contributed by atoms with Gasteiger partial charge in [-0.05, 0) is 43.5 Å². The Hall–Kier alpha value is -1.59. The molecule has 1 fully saturated rings. The second-order valence-electron chi connectivity index (χ2n) is 6.04. The van der Waals surface area contributed by atoms with Crippen molar-refractivity contribution < 1.29 is 9.59 Å². The van der Waals surface area contributed by atoms with Crippen molar-refractivity contribution >= 4 is 29.9 Å². The zero-order valence-electron chi connectivity index (χ0n) is 14.1. The molecule has 1 aliphatic rings. The predicted molar refractivity (Wildman–Crippen MR) is 99.3 cm³/mol. The minimum absolute atomic E-state index is 0. The van der Waals surface area contributed by atoms with Crippen molar-refractivity contribution in [2.45, 2.75) is 51.5 Å². The molecule has 1 aromatic carbocycles. The molecule has 1 saturated heterocycles. The highest BCUT2D eigenvalue weighted by Gasteiger charge is 2.21. The van der Waals surface area contributed by atoms with Crippen LogP contribution in [0.4, 0.5) is 5.69 Å². The van der Waals surface area contributed by atoms with Gasteiger partial charge in [-0.2, -0.15) is 0 Å². The molecule has 1 aliphatic heterocycles. The van der Waals surface area contributed by atoms with E-state index in [1.165, 1.54) is 0 Å². The molecule has 3 N–H and O–H groups in total. The molecular weight excluding hydrogens is 326 g/mol. The maximum absolute atomic E-state index is 11.8. The summed E-state index contributed by atoms with van der Waals surface area (Å²) >= 11 is 0. The summed E-state index contributed by atoms with van der Waals surface area (Å²) in [7, 11) is 0. The van der Waals surface area contributed by atoms with E-state index in [2.05, 4.69) is 5.32 Å². The van der Waals surface area contributed by atoms with E-state index in [4.69, 9.17) is 5.73 Å². The average molecular weight is 354 g/mol. The number of nitrogens with two attached hydrogens (primary N) is 1. The van der Waals surface area contributed by atoms with Crippen LogP contribution < -0.4 is 16.0 Å². The van der Waals surface area contributed by atoms with Crippen LogP contribution >= 0.6 is 12.4 Å². The van der Waals surface area contributed by atoms with Crippen molar-refractivity contribution in [3.63, 3.8) is 0 Å². The van der Waals surface area contributed by atoms with Crippen molar-refractivity contribution in [1.29, 1.82) is 0 Å². The molecule has 24 heavy (non-hydrogen) atoms. The van der Waals surface area contributed by atoms with Crippen molar-refractivity contribution in [3.05, 3.63) is 29.8 Å². The number of anilines is 1. The number of nitrogens with zero attached hydrogens (tertiary/aromatic N) is 1. The second kappa shape index (κ2) is 11.0. The molecule has 0 unspecified atom stereocenters. The maximum Gasteiger partial charge on any atom is 0.227 e. The zero-order valence-corrected chi connectivity index (χ0v) is 14.9. The van der Waals surface area contributed by atoms with Crippen LogP contribution in [0, 0.1) is 0 Å².